The van der Waals surface area contributed by atoms with Gasteiger partial charge in [-0.3, -0.25) is 0 Å². The van der Waals surface area contributed by atoms with E-state index in [4.69, 9.17) is 0 Å². The molecule has 0 aromatic heterocycles. The van der Waals surface area contributed by atoms with Crippen LogP contribution in [0.4, 0.5) is 0 Å². The molecule has 0 aliphatic heterocycles. The summed E-state index contributed by atoms with van der Waals surface area (Å²) >= 11 is 0. The van der Waals surface area contributed by atoms with Gasteiger partial charge in [0.1, 0.15) is 0 Å². The Morgan fingerprint density at radius 3 is 2.67 bits per heavy atom. The fourth-order valence-corrected chi connectivity index (χ4v) is 6.11. The quantitative estimate of drug-likeness (QED) is 0.694. The maximum absolute atomic E-state index is 9.99. The van der Waals surface area contributed by atoms with Crippen LogP contribution in [0.5, 0.6) is 0 Å². The van der Waals surface area contributed by atoms with Gasteiger partial charge >= 0.3 is 0 Å². The van der Waals surface area contributed by atoms with Gasteiger partial charge in [0.2, 0.25) is 0 Å². The highest BCUT2D eigenvalue weighted by molar-refractivity contribution is 5.22. The van der Waals surface area contributed by atoms with Crippen molar-refractivity contribution >= 4 is 0 Å². The molecule has 1 heteroatoms. The molecule has 2 saturated carbocycles. The van der Waals surface area contributed by atoms with E-state index in [1.54, 1.807) is 5.57 Å². The minimum atomic E-state index is 0.157. The largest absolute Gasteiger partial charge is 0.396 e. The van der Waals surface area contributed by atoms with Crippen LogP contribution in [0.15, 0.2) is 11.6 Å². The number of hydrogen-bond donors (Lipinski definition) is 1. The summed E-state index contributed by atoms with van der Waals surface area (Å²) in [6.07, 6.45) is 11.9. The first-order valence-corrected chi connectivity index (χ1v) is 9.20. The third-order valence-corrected chi connectivity index (χ3v) is 7.59. The van der Waals surface area contributed by atoms with Gasteiger partial charge in [0.25, 0.3) is 0 Å². The molecular formula is C20H34O. The molecule has 21 heavy (non-hydrogen) atoms. The van der Waals surface area contributed by atoms with Crippen LogP contribution in [0.25, 0.3) is 0 Å². The molecule has 1 unspecified atom stereocenters. The van der Waals surface area contributed by atoms with E-state index in [1.165, 1.54) is 44.9 Å². The summed E-state index contributed by atoms with van der Waals surface area (Å²) in [5.41, 5.74) is 2.38. The van der Waals surface area contributed by atoms with Crippen molar-refractivity contribution in [2.75, 3.05) is 6.61 Å². The SMILES string of the molecule is CC(C)C1CC[C@H]2C(=CC[C@H]3[C@](C)(CO)CCC[C@]23C)C1. The standard InChI is InChI=1S/C20H34O/c1-14(2)15-6-8-17-16(12-15)7-9-18-19(3,13-21)10-5-11-20(17,18)4/h7,14-15,17-18,21H,5-6,8-13H2,1-4H3/t15?,17-,18-,19-,20+/m0/s1. The Kier molecular flexibility index (Phi) is 4.01. The lowest BCUT2D eigenvalue weighted by molar-refractivity contribution is -0.0797. The molecule has 3 aliphatic carbocycles. The second-order valence-corrected chi connectivity index (χ2v) is 9.08. The predicted octanol–water partition coefficient (Wildman–Crippen LogP) is 5.19. The summed E-state index contributed by atoms with van der Waals surface area (Å²) in [5.74, 6) is 3.22. The topological polar surface area (TPSA) is 20.2 Å². The van der Waals surface area contributed by atoms with Gasteiger partial charge in [-0.05, 0) is 73.0 Å². The van der Waals surface area contributed by atoms with Crippen LogP contribution in [0, 0.1) is 34.5 Å². The molecule has 3 aliphatic rings. The lowest BCUT2D eigenvalue weighted by Crippen LogP contribution is -2.52. The van der Waals surface area contributed by atoms with Gasteiger partial charge < -0.3 is 5.11 Å². The Bertz CT molecular complexity index is 424. The van der Waals surface area contributed by atoms with Crippen molar-refractivity contribution in [2.24, 2.45) is 34.5 Å². The molecule has 120 valence electrons. The van der Waals surface area contributed by atoms with Crippen molar-refractivity contribution in [3.63, 3.8) is 0 Å². The van der Waals surface area contributed by atoms with E-state index in [1.807, 2.05) is 0 Å². The monoisotopic (exact) mass is 290 g/mol. The molecule has 0 saturated heterocycles. The van der Waals surface area contributed by atoms with Crippen LogP contribution in [-0.4, -0.2) is 11.7 Å². The summed E-state index contributed by atoms with van der Waals surface area (Å²) < 4.78 is 0. The van der Waals surface area contributed by atoms with Gasteiger partial charge in [-0.1, -0.05) is 45.8 Å². The first kappa shape index (κ1) is 15.6. The summed E-state index contributed by atoms with van der Waals surface area (Å²) in [5, 5.41) is 9.99. The minimum absolute atomic E-state index is 0.157. The Morgan fingerprint density at radius 2 is 2.00 bits per heavy atom. The fourth-order valence-electron chi connectivity index (χ4n) is 6.11. The van der Waals surface area contributed by atoms with Crippen molar-refractivity contribution in [2.45, 2.75) is 72.6 Å². The third-order valence-electron chi connectivity index (χ3n) is 7.59. The van der Waals surface area contributed by atoms with Crippen LogP contribution in [0.2, 0.25) is 0 Å². The first-order chi connectivity index (χ1) is 9.90. The Hall–Kier alpha value is -0.300. The second kappa shape index (κ2) is 5.41. The van der Waals surface area contributed by atoms with E-state index < -0.39 is 0 Å². The van der Waals surface area contributed by atoms with Crippen molar-refractivity contribution in [1.82, 2.24) is 0 Å². The average Bonchev–Trinajstić information content (AvgIpc) is 2.46. The molecule has 0 heterocycles. The van der Waals surface area contributed by atoms with Crippen LogP contribution < -0.4 is 0 Å². The number of aliphatic hydroxyl groups excluding tert-OH is 1. The van der Waals surface area contributed by atoms with Crippen LogP contribution >= 0.6 is 0 Å². The van der Waals surface area contributed by atoms with Crippen LogP contribution in [0.1, 0.15) is 72.6 Å². The molecule has 0 aromatic carbocycles. The number of allylic oxidation sites excluding steroid dienone is 2. The van der Waals surface area contributed by atoms with Crippen LogP contribution in [0.3, 0.4) is 0 Å². The Morgan fingerprint density at radius 1 is 1.24 bits per heavy atom. The van der Waals surface area contributed by atoms with E-state index in [0.29, 0.717) is 17.9 Å². The number of fused-ring (bicyclic) bond motifs is 3. The predicted molar refractivity (Wildman–Crippen MR) is 89.0 cm³/mol. The van der Waals surface area contributed by atoms with E-state index in [0.717, 1.165) is 17.8 Å². The average molecular weight is 290 g/mol. The Labute approximate surface area is 131 Å². The van der Waals surface area contributed by atoms with Gasteiger partial charge in [-0.15, -0.1) is 0 Å². The molecular weight excluding hydrogens is 256 g/mol. The minimum Gasteiger partial charge on any atom is -0.396 e. The molecule has 0 radical (unpaired) electrons. The zero-order valence-corrected chi connectivity index (χ0v) is 14.5. The number of hydrogen-bond acceptors (Lipinski definition) is 1. The molecule has 1 N–H and O–H groups in total. The van der Waals surface area contributed by atoms with E-state index in [9.17, 15) is 5.11 Å². The lowest BCUT2D eigenvalue weighted by Gasteiger charge is -2.59. The summed E-state index contributed by atoms with van der Waals surface area (Å²) in [6.45, 7) is 10.0. The molecule has 3 rings (SSSR count). The maximum Gasteiger partial charge on any atom is 0.0487 e. The smallest absolute Gasteiger partial charge is 0.0487 e. The van der Waals surface area contributed by atoms with Gasteiger partial charge in [-0.2, -0.15) is 0 Å². The van der Waals surface area contributed by atoms with E-state index in [2.05, 4.69) is 33.8 Å². The zero-order valence-electron chi connectivity index (χ0n) is 14.5. The lowest BCUT2D eigenvalue weighted by atomic mass is 9.46. The van der Waals surface area contributed by atoms with Crippen molar-refractivity contribution in [3.05, 3.63) is 11.6 Å². The molecule has 0 bridgehead atoms. The fraction of sp³-hybridized carbons (Fsp3) is 0.900. The summed E-state index contributed by atoms with van der Waals surface area (Å²) in [4.78, 5) is 0. The molecule has 1 nitrogen and oxygen atoms in total. The molecule has 2 fully saturated rings. The van der Waals surface area contributed by atoms with Gasteiger partial charge in [-0.25, -0.2) is 0 Å². The molecule has 0 aromatic rings. The summed E-state index contributed by atoms with van der Waals surface area (Å²) in [7, 11) is 0. The molecule has 0 spiro atoms. The highest BCUT2D eigenvalue weighted by atomic mass is 16.3. The highest BCUT2D eigenvalue weighted by Gasteiger charge is 2.54. The summed E-state index contributed by atoms with van der Waals surface area (Å²) in [6, 6.07) is 0. The Balaban J connectivity index is 1.89. The van der Waals surface area contributed by atoms with Crippen LogP contribution in [-0.2, 0) is 0 Å². The van der Waals surface area contributed by atoms with E-state index in [-0.39, 0.29) is 5.41 Å². The third kappa shape index (κ3) is 2.40. The second-order valence-electron chi connectivity index (χ2n) is 9.08. The molecule has 5 atom stereocenters. The number of rotatable bonds is 2. The van der Waals surface area contributed by atoms with Crippen molar-refractivity contribution < 1.29 is 5.11 Å². The normalized spacial score (nSPS) is 46.8. The first-order valence-electron chi connectivity index (χ1n) is 9.20. The maximum atomic E-state index is 9.99. The van der Waals surface area contributed by atoms with Crippen molar-refractivity contribution in [3.8, 4) is 0 Å². The highest BCUT2D eigenvalue weighted by Crippen LogP contribution is 2.62. The van der Waals surface area contributed by atoms with Gasteiger partial charge in [0.15, 0.2) is 0 Å². The van der Waals surface area contributed by atoms with E-state index >= 15 is 0 Å². The van der Waals surface area contributed by atoms with Gasteiger partial charge in [0.05, 0.1) is 0 Å². The zero-order chi connectivity index (χ0) is 15.3. The van der Waals surface area contributed by atoms with Gasteiger partial charge in [0, 0.05) is 6.61 Å². The molecule has 0 amide bonds. The number of aliphatic hydroxyl groups is 1. The van der Waals surface area contributed by atoms with Crippen molar-refractivity contribution in [1.29, 1.82) is 0 Å².